The van der Waals surface area contributed by atoms with Crippen LogP contribution in [0.3, 0.4) is 0 Å². The topological polar surface area (TPSA) is 23.1 Å². The largest absolute Gasteiger partial charge is 3.00 e. The fraction of sp³-hybridized carbons (Fsp3) is 0. The van der Waals surface area contributed by atoms with Crippen LogP contribution in [0.15, 0.2) is 30.3 Å². The van der Waals surface area contributed by atoms with Crippen LogP contribution >= 0.6 is 0 Å². The maximum absolute atomic E-state index is 10.3. The molecule has 53 valence electrons. The summed E-state index contributed by atoms with van der Waals surface area (Å²) in [7, 11) is 0. The maximum atomic E-state index is 10.3. The summed E-state index contributed by atoms with van der Waals surface area (Å²) in [6.07, 6.45) is 0. The third-order valence-electron chi connectivity index (χ3n) is 0.743. The Morgan fingerprint density at radius 1 is 0.900 bits per heavy atom. The monoisotopic (exact) mass is 253 g/mol. The molecule has 1 aromatic rings. The Balaban J connectivity index is -0.000000163. The van der Waals surface area contributed by atoms with Crippen molar-refractivity contribution in [2.45, 2.75) is 0 Å². The van der Waals surface area contributed by atoms with Crippen molar-refractivity contribution in [3.8, 4) is 5.75 Å². The van der Waals surface area contributed by atoms with Gasteiger partial charge in [0.1, 0.15) is 0 Å². The zero-order valence-corrected chi connectivity index (χ0v) is 9.02. The van der Waals surface area contributed by atoms with Gasteiger partial charge in [0, 0.05) is 0 Å². The average molecular weight is 255 g/mol. The molecule has 0 bridgehead atoms. The predicted octanol–water partition coefficient (Wildman–Crippen LogP) is -5.23. The molecule has 0 aliphatic rings. The molecule has 0 saturated heterocycles. The Kier molecular flexibility index (Phi) is 16.0. The fourth-order valence-electron chi connectivity index (χ4n) is 0.420. The van der Waals surface area contributed by atoms with E-state index in [0.717, 1.165) is 0 Å². The molecular formula is C6H5Cl2OZr. The number of hydrogen-bond acceptors (Lipinski definition) is 1. The third kappa shape index (κ3) is 6.60. The van der Waals surface area contributed by atoms with Crippen LogP contribution in [0.1, 0.15) is 0 Å². The first kappa shape index (κ1) is 16.8. The molecule has 0 N–H and O–H groups in total. The molecule has 0 fully saturated rings. The summed E-state index contributed by atoms with van der Waals surface area (Å²) >= 11 is 0. The summed E-state index contributed by atoms with van der Waals surface area (Å²) in [6, 6.07) is 8.33. The van der Waals surface area contributed by atoms with Gasteiger partial charge in [0.15, 0.2) is 0 Å². The minimum absolute atomic E-state index is 0. The van der Waals surface area contributed by atoms with E-state index in [0.29, 0.717) is 0 Å². The van der Waals surface area contributed by atoms with Crippen LogP contribution < -0.4 is 29.9 Å². The first-order valence-electron chi connectivity index (χ1n) is 2.11. The Morgan fingerprint density at radius 3 is 1.50 bits per heavy atom. The van der Waals surface area contributed by atoms with Gasteiger partial charge in [-0.15, -0.1) is 5.75 Å². The molecule has 0 amide bonds. The molecule has 0 saturated carbocycles. The second-order valence-corrected chi connectivity index (χ2v) is 1.31. The summed E-state index contributed by atoms with van der Waals surface area (Å²) in [6.45, 7) is 0. The molecule has 4 heteroatoms. The standard InChI is InChI=1S/C6H6O.2ClH.Zr/c7-6-4-2-1-3-5-6;;;/h1-5,7H;2*1H;/q;;;+3/p-3. The van der Waals surface area contributed by atoms with Gasteiger partial charge in [-0.1, -0.05) is 30.3 Å². The van der Waals surface area contributed by atoms with E-state index in [4.69, 9.17) is 0 Å². The van der Waals surface area contributed by atoms with E-state index >= 15 is 0 Å². The molecule has 0 aromatic heterocycles. The van der Waals surface area contributed by atoms with Crippen LogP contribution in [-0.4, -0.2) is 0 Å². The molecule has 1 rings (SSSR count). The van der Waals surface area contributed by atoms with Crippen LogP contribution in [0.2, 0.25) is 0 Å². The summed E-state index contributed by atoms with van der Waals surface area (Å²) < 4.78 is 0. The van der Waals surface area contributed by atoms with Crippen molar-refractivity contribution in [3.63, 3.8) is 0 Å². The molecule has 1 radical (unpaired) electrons. The van der Waals surface area contributed by atoms with Gasteiger partial charge in [0.05, 0.1) is 0 Å². The average Bonchev–Trinajstić information content (AvgIpc) is 1.69. The SMILES string of the molecule is [Cl-].[Cl-].[O-]c1ccccc1.[Zr+3]. The smallest absolute Gasteiger partial charge is 1.00 e. The predicted molar refractivity (Wildman–Crippen MR) is 25.9 cm³/mol. The minimum atomic E-state index is 0. The normalized spacial score (nSPS) is 6.00. The number of halogens is 2. The number of rotatable bonds is 0. The van der Waals surface area contributed by atoms with Gasteiger partial charge in [-0.25, -0.2) is 0 Å². The number of para-hydroxylation sites is 1. The Morgan fingerprint density at radius 2 is 1.30 bits per heavy atom. The minimum Gasteiger partial charge on any atom is -1.00 e. The van der Waals surface area contributed by atoms with Crippen LogP contribution in [-0.2, 0) is 26.2 Å². The van der Waals surface area contributed by atoms with E-state index in [1.54, 1.807) is 12.1 Å². The summed E-state index contributed by atoms with van der Waals surface area (Å²) in [5, 5.41) is 10.3. The molecule has 0 heterocycles. The molecule has 0 unspecified atom stereocenters. The molecule has 1 nitrogen and oxygen atoms in total. The van der Waals surface area contributed by atoms with Crippen molar-refractivity contribution in [3.05, 3.63) is 30.3 Å². The first-order valence-corrected chi connectivity index (χ1v) is 2.11. The number of benzene rings is 1. The van der Waals surface area contributed by atoms with Gasteiger partial charge in [-0.3, -0.25) is 0 Å². The summed E-state index contributed by atoms with van der Waals surface area (Å²) in [4.78, 5) is 0. The van der Waals surface area contributed by atoms with Crippen molar-refractivity contribution in [2.24, 2.45) is 0 Å². The van der Waals surface area contributed by atoms with Crippen LogP contribution in [0.4, 0.5) is 0 Å². The summed E-state index contributed by atoms with van der Waals surface area (Å²) in [5.41, 5.74) is 0. The van der Waals surface area contributed by atoms with Gasteiger partial charge in [0.2, 0.25) is 0 Å². The molecule has 0 aliphatic carbocycles. The van der Waals surface area contributed by atoms with Crippen molar-refractivity contribution in [2.75, 3.05) is 0 Å². The van der Waals surface area contributed by atoms with Crippen molar-refractivity contribution >= 4 is 0 Å². The second-order valence-electron chi connectivity index (χ2n) is 1.31. The fourth-order valence-corrected chi connectivity index (χ4v) is 0.420. The van der Waals surface area contributed by atoms with Gasteiger partial charge in [-0.2, -0.15) is 0 Å². The van der Waals surface area contributed by atoms with Crippen LogP contribution in [0.25, 0.3) is 0 Å². The third-order valence-corrected chi connectivity index (χ3v) is 0.743. The van der Waals surface area contributed by atoms with E-state index in [9.17, 15) is 5.11 Å². The van der Waals surface area contributed by atoms with E-state index in [2.05, 4.69) is 0 Å². The molecule has 0 aliphatic heterocycles. The number of hydrogen-bond donors (Lipinski definition) is 0. The maximum Gasteiger partial charge on any atom is 3.00 e. The van der Waals surface area contributed by atoms with Gasteiger partial charge in [-0.05, 0) is 0 Å². The van der Waals surface area contributed by atoms with Gasteiger partial charge in [0.25, 0.3) is 0 Å². The Bertz CT molecular complexity index is 146. The van der Waals surface area contributed by atoms with E-state index in [1.807, 2.05) is 6.07 Å². The van der Waals surface area contributed by atoms with Crippen molar-refractivity contribution in [1.29, 1.82) is 0 Å². The van der Waals surface area contributed by atoms with Crippen molar-refractivity contribution in [1.82, 2.24) is 0 Å². The zero-order valence-electron chi connectivity index (χ0n) is 5.05. The van der Waals surface area contributed by atoms with Gasteiger partial charge < -0.3 is 29.9 Å². The van der Waals surface area contributed by atoms with E-state index < -0.39 is 0 Å². The molecule has 0 spiro atoms. The first-order chi connectivity index (χ1) is 3.39. The second kappa shape index (κ2) is 9.48. The molecular weight excluding hydrogens is 250 g/mol. The van der Waals surface area contributed by atoms with E-state index in [-0.39, 0.29) is 56.8 Å². The Labute approximate surface area is 91.8 Å². The zero-order chi connectivity index (χ0) is 5.11. The quantitative estimate of drug-likeness (QED) is 0.454. The Hall–Kier alpha value is 0.483. The summed E-state index contributed by atoms with van der Waals surface area (Å²) in [5.74, 6) is 0.0718. The molecule has 0 atom stereocenters. The van der Waals surface area contributed by atoms with Crippen LogP contribution in [0, 0.1) is 0 Å². The van der Waals surface area contributed by atoms with Gasteiger partial charge >= 0.3 is 26.2 Å². The molecule has 10 heavy (non-hydrogen) atoms. The molecule has 1 aromatic carbocycles. The van der Waals surface area contributed by atoms with E-state index in [1.165, 1.54) is 12.1 Å². The van der Waals surface area contributed by atoms with Crippen molar-refractivity contribution < 1.29 is 56.1 Å². The van der Waals surface area contributed by atoms with Crippen LogP contribution in [0.5, 0.6) is 5.75 Å².